The van der Waals surface area contributed by atoms with Crippen LogP contribution in [-0.2, 0) is 16.0 Å². The highest BCUT2D eigenvalue weighted by atomic mass is 32.1. The first kappa shape index (κ1) is 18.0. The minimum atomic E-state index is -0.436. The molecule has 0 aliphatic heterocycles. The van der Waals surface area contributed by atoms with Crippen LogP contribution in [0.25, 0.3) is 0 Å². The summed E-state index contributed by atoms with van der Waals surface area (Å²) in [5.74, 6) is -0.101. The molecular formula is C18H21NO4S. The average Bonchev–Trinajstić information content (AvgIpc) is 2.94. The van der Waals surface area contributed by atoms with Crippen molar-refractivity contribution in [2.45, 2.75) is 27.2 Å². The second kappa shape index (κ2) is 8.49. The van der Waals surface area contributed by atoms with Gasteiger partial charge in [0.05, 0.1) is 12.2 Å². The fourth-order valence-electron chi connectivity index (χ4n) is 2.13. The number of benzene rings is 1. The van der Waals surface area contributed by atoms with Crippen molar-refractivity contribution in [1.29, 1.82) is 0 Å². The standard InChI is InChI=1S/C18H21NO4S/c1-4-13-7-6-8-14(10-13)23-11-16(20)19-17-15(9-12(3)24-17)18(21)22-5-2/h6-10H,4-5,11H2,1-3H3,(H,19,20). The number of hydrogen-bond acceptors (Lipinski definition) is 5. The molecule has 6 heteroatoms. The maximum absolute atomic E-state index is 12.1. The van der Waals surface area contributed by atoms with Crippen molar-refractivity contribution in [2.24, 2.45) is 0 Å². The van der Waals surface area contributed by atoms with Crippen molar-refractivity contribution < 1.29 is 19.1 Å². The summed E-state index contributed by atoms with van der Waals surface area (Å²) in [5, 5.41) is 3.21. The van der Waals surface area contributed by atoms with Crippen molar-refractivity contribution in [3.8, 4) is 5.75 Å². The van der Waals surface area contributed by atoms with Crippen molar-refractivity contribution >= 4 is 28.2 Å². The van der Waals surface area contributed by atoms with E-state index < -0.39 is 5.97 Å². The quantitative estimate of drug-likeness (QED) is 0.774. The van der Waals surface area contributed by atoms with Crippen LogP contribution in [0.2, 0.25) is 0 Å². The van der Waals surface area contributed by atoms with Gasteiger partial charge in [-0.25, -0.2) is 4.79 Å². The van der Waals surface area contributed by atoms with Gasteiger partial charge in [-0.3, -0.25) is 4.79 Å². The Morgan fingerprint density at radius 2 is 2.00 bits per heavy atom. The average molecular weight is 347 g/mol. The minimum Gasteiger partial charge on any atom is -0.484 e. The van der Waals surface area contributed by atoms with E-state index in [1.807, 2.05) is 31.2 Å². The van der Waals surface area contributed by atoms with Gasteiger partial charge in [-0.1, -0.05) is 19.1 Å². The molecule has 24 heavy (non-hydrogen) atoms. The van der Waals surface area contributed by atoms with E-state index >= 15 is 0 Å². The third kappa shape index (κ3) is 4.83. The van der Waals surface area contributed by atoms with Crippen molar-refractivity contribution in [3.63, 3.8) is 0 Å². The molecule has 1 aromatic heterocycles. The number of amides is 1. The van der Waals surface area contributed by atoms with Gasteiger partial charge in [-0.2, -0.15) is 0 Å². The van der Waals surface area contributed by atoms with Crippen LogP contribution in [0.15, 0.2) is 30.3 Å². The molecule has 0 atom stereocenters. The number of rotatable bonds is 7. The Morgan fingerprint density at radius 1 is 1.21 bits per heavy atom. The lowest BCUT2D eigenvalue weighted by molar-refractivity contribution is -0.118. The summed E-state index contributed by atoms with van der Waals surface area (Å²) in [4.78, 5) is 24.9. The lowest BCUT2D eigenvalue weighted by atomic mass is 10.2. The molecule has 2 aromatic rings. The van der Waals surface area contributed by atoms with E-state index in [4.69, 9.17) is 9.47 Å². The zero-order valence-electron chi connectivity index (χ0n) is 14.0. The van der Waals surface area contributed by atoms with Crippen LogP contribution < -0.4 is 10.1 Å². The van der Waals surface area contributed by atoms with Gasteiger partial charge in [0.15, 0.2) is 6.61 Å². The molecule has 1 amide bonds. The van der Waals surface area contributed by atoms with Gasteiger partial charge in [-0.15, -0.1) is 11.3 Å². The van der Waals surface area contributed by atoms with E-state index in [2.05, 4.69) is 12.2 Å². The molecule has 0 saturated heterocycles. The summed E-state index contributed by atoms with van der Waals surface area (Å²) in [6, 6.07) is 9.34. The Hall–Kier alpha value is -2.34. The van der Waals surface area contributed by atoms with Crippen LogP contribution >= 0.6 is 11.3 Å². The van der Waals surface area contributed by atoms with Gasteiger partial charge in [-0.05, 0) is 44.0 Å². The monoisotopic (exact) mass is 347 g/mol. The lowest BCUT2D eigenvalue weighted by Gasteiger charge is -2.08. The molecule has 128 valence electrons. The van der Waals surface area contributed by atoms with Crippen LogP contribution in [0.1, 0.15) is 34.6 Å². The summed E-state index contributed by atoms with van der Waals surface area (Å²) in [5.41, 5.74) is 1.52. The third-order valence-corrected chi connectivity index (χ3v) is 4.25. The highest BCUT2D eigenvalue weighted by Gasteiger charge is 2.18. The lowest BCUT2D eigenvalue weighted by Crippen LogP contribution is -2.21. The zero-order valence-corrected chi connectivity index (χ0v) is 14.9. The summed E-state index contributed by atoms with van der Waals surface area (Å²) in [6.45, 7) is 5.84. The van der Waals surface area contributed by atoms with Gasteiger partial charge < -0.3 is 14.8 Å². The molecule has 2 rings (SSSR count). The molecule has 0 radical (unpaired) electrons. The van der Waals surface area contributed by atoms with E-state index in [0.29, 0.717) is 16.3 Å². The van der Waals surface area contributed by atoms with Gasteiger partial charge >= 0.3 is 5.97 Å². The third-order valence-electron chi connectivity index (χ3n) is 3.28. The number of ether oxygens (including phenoxy) is 2. The highest BCUT2D eigenvalue weighted by Crippen LogP contribution is 2.28. The fourth-order valence-corrected chi connectivity index (χ4v) is 3.05. The molecule has 0 saturated carbocycles. The number of nitrogens with one attached hydrogen (secondary N) is 1. The van der Waals surface area contributed by atoms with Crippen molar-refractivity contribution in [2.75, 3.05) is 18.5 Å². The Balaban J connectivity index is 1.98. The van der Waals surface area contributed by atoms with E-state index in [-0.39, 0.29) is 19.1 Å². The van der Waals surface area contributed by atoms with Gasteiger partial charge in [0, 0.05) is 4.88 Å². The molecule has 1 N–H and O–H groups in total. The number of carbonyl (C=O) groups excluding carboxylic acids is 2. The van der Waals surface area contributed by atoms with Crippen LogP contribution in [-0.4, -0.2) is 25.1 Å². The Labute approximate surface area is 145 Å². The first-order chi connectivity index (χ1) is 11.5. The van der Waals surface area contributed by atoms with Crippen molar-refractivity contribution in [3.05, 3.63) is 46.3 Å². The van der Waals surface area contributed by atoms with E-state index in [9.17, 15) is 9.59 Å². The molecule has 0 aliphatic carbocycles. The molecular weight excluding hydrogens is 326 g/mol. The molecule has 1 aromatic carbocycles. The highest BCUT2D eigenvalue weighted by molar-refractivity contribution is 7.16. The van der Waals surface area contributed by atoms with Gasteiger partial charge in [0.1, 0.15) is 10.8 Å². The van der Waals surface area contributed by atoms with Gasteiger partial charge in [0.2, 0.25) is 0 Å². The number of anilines is 1. The van der Waals surface area contributed by atoms with Crippen LogP contribution in [0, 0.1) is 6.92 Å². The largest absolute Gasteiger partial charge is 0.484 e. The van der Waals surface area contributed by atoms with E-state index in [1.165, 1.54) is 11.3 Å². The Morgan fingerprint density at radius 3 is 2.71 bits per heavy atom. The second-order valence-corrected chi connectivity index (χ2v) is 6.41. The summed E-state index contributed by atoms with van der Waals surface area (Å²) < 4.78 is 10.5. The van der Waals surface area contributed by atoms with Crippen LogP contribution in [0.4, 0.5) is 5.00 Å². The molecule has 0 spiro atoms. The second-order valence-electron chi connectivity index (χ2n) is 5.16. The Bertz CT molecular complexity index is 724. The molecule has 5 nitrogen and oxygen atoms in total. The smallest absolute Gasteiger partial charge is 0.341 e. The predicted molar refractivity (Wildman–Crippen MR) is 95.0 cm³/mol. The molecule has 0 bridgehead atoms. The number of aryl methyl sites for hydroxylation is 2. The van der Waals surface area contributed by atoms with Crippen LogP contribution in [0.3, 0.4) is 0 Å². The first-order valence-corrected chi connectivity index (χ1v) is 8.64. The molecule has 0 aliphatic rings. The van der Waals surface area contributed by atoms with E-state index in [0.717, 1.165) is 16.9 Å². The number of carbonyl (C=O) groups is 2. The molecule has 1 heterocycles. The molecule has 0 fully saturated rings. The van der Waals surface area contributed by atoms with Crippen LogP contribution in [0.5, 0.6) is 5.75 Å². The Kier molecular flexibility index (Phi) is 6.37. The minimum absolute atomic E-state index is 0.119. The summed E-state index contributed by atoms with van der Waals surface area (Å²) in [7, 11) is 0. The number of esters is 1. The molecule has 0 unspecified atom stereocenters. The van der Waals surface area contributed by atoms with Gasteiger partial charge in [0.25, 0.3) is 5.91 Å². The maximum atomic E-state index is 12.1. The predicted octanol–water partition coefficient (Wildman–Crippen LogP) is 3.81. The number of thiophene rings is 1. The maximum Gasteiger partial charge on any atom is 0.341 e. The fraction of sp³-hybridized carbons (Fsp3) is 0.333. The summed E-state index contributed by atoms with van der Waals surface area (Å²) in [6.07, 6.45) is 0.904. The number of hydrogen-bond donors (Lipinski definition) is 1. The SMILES string of the molecule is CCOC(=O)c1cc(C)sc1NC(=O)COc1cccc(CC)c1. The topological polar surface area (TPSA) is 64.6 Å². The van der Waals surface area contributed by atoms with Crippen molar-refractivity contribution in [1.82, 2.24) is 0 Å². The zero-order chi connectivity index (χ0) is 17.5. The normalized spacial score (nSPS) is 10.3. The summed E-state index contributed by atoms with van der Waals surface area (Å²) >= 11 is 1.34. The van der Waals surface area contributed by atoms with E-state index in [1.54, 1.807) is 13.0 Å². The first-order valence-electron chi connectivity index (χ1n) is 7.82.